The number of nitrogens with two attached hydrogens (primary N) is 1. The number of Topliss-reactive ketones (excluding diaryl/α,β-unsaturated/α-hetero) is 1. The van der Waals surface area contributed by atoms with Crippen LogP contribution in [0, 0.1) is 11.3 Å². The Hall–Kier alpha value is -3.69. The molecule has 0 spiro atoms. The number of esters is 1. The van der Waals surface area contributed by atoms with Crippen LogP contribution in [0.25, 0.3) is 21.8 Å². The molecular weight excluding hydrogens is 522 g/mol. The van der Waals surface area contributed by atoms with E-state index in [-0.39, 0.29) is 17.4 Å². The van der Waals surface area contributed by atoms with Gasteiger partial charge in [-0.3, -0.25) is 9.59 Å². The molecule has 4 aromatic rings. The zero-order valence-electron chi connectivity index (χ0n) is 24.0. The second-order valence-electron chi connectivity index (χ2n) is 11.6. The molecule has 2 unspecified atom stereocenters. The molecule has 2 aromatic heterocycles. The number of nitrogens with zero attached hydrogens (tertiary/aromatic N) is 1. The SMILES string of the molecule is COC(=O)C(=O)c1cn2c3c(cccc13)CC(C(O[Si](C)C)C(C)(C)C)C2.NC(=O)Cc1c[nH]c2ccccc12. The standard InChI is InChI=1S/C21H28NO4Si.C10H10N2O/c1-21(2,3)19(26-27(5)6)14-10-13-8-7-9-15-16(18(23)20(24)25-4)12-22(11-14)17(13)15;11-10(13)5-7-6-12-9-4-2-1-3-8(7)9/h7-9,12,14,19H,10-11H2,1-6H3;1-4,6,12H,5H2,(H2,11,13). The molecule has 0 saturated carbocycles. The number of carbonyl (C=O) groups excluding carboxylic acids is 3. The summed E-state index contributed by atoms with van der Waals surface area (Å²) in [5.41, 5.74) is 9.82. The molecule has 1 aliphatic heterocycles. The van der Waals surface area contributed by atoms with E-state index in [1.807, 2.05) is 48.8 Å². The Balaban J connectivity index is 0.000000236. The van der Waals surface area contributed by atoms with Crippen LogP contribution in [0.15, 0.2) is 54.9 Å². The Kier molecular flexibility index (Phi) is 8.65. The van der Waals surface area contributed by atoms with Crippen molar-refractivity contribution < 1.29 is 23.5 Å². The largest absolute Gasteiger partial charge is 0.463 e. The van der Waals surface area contributed by atoms with Crippen LogP contribution in [0.3, 0.4) is 0 Å². The van der Waals surface area contributed by atoms with Gasteiger partial charge < -0.3 is 24.4 Å². The summed E-state index contributed by atoms with van der Waals surface area (Å²) in [4.78, 5) is 38.0. The van der Waals surface area contributed by atoms with Gasteiger partial charge in [0.25, 0.3) is 5.78 Å². The summed E-state index contributed by atoms with van der Waals surface area (Å²) < 4.78 is 13.2. The zero-order chi connectivity index (χ0) is 29.2. The van der Waals surface area contributed by atoms with Gasteiger partial charge in [0.1, 0.15) is 0 Å². The number of hydrogen-bond donors (Lipinski definition) is 2. The molecule has 211 valence electrons. The second-order valence-corrected chi connectivity index (χ2v) is 13.7. The molecule has 0 aliphatic carbocycles. The van der Waals surface area contributed by atoms with Crippen molar-refractivity contribution in [2.24, 2.45) is 17.1 Å². The number of primary amides is 1. The van der Waals surface area contributed by atoms with Gasteiger partial charge in [0.05, 0.1) is 30.7 Å². The van der Waals surface area contributed by atoms with E-state index in [1.54, 1.807) is 0 Å². The first kappa shape index (κ1) is 29.3. The highest BCUT2D eigenvalue weighted by atomic mass is 28.3. The first-order valence-corrected chi connectivity index (χ1v) is 15.8. The molecule has 0 saturated heterocycles. The maximum atomic E-state index is 12.5. The lowest BCUT2D eigenvalue weighted by Gasteiger charge is -2.40. The molecule has 5 rings (SSSR count). The van der Waals surface area contributed by atoms with Gasteiger partial charge in [-0.2, -0.15) is 0 Å². The molecule has 8 nitrogen and oxygen atoms in total. The van der Waals surface area contributed by atoms with Crippen LogP contribution >= 0.6 is 0 Å². The number of benzene rings is 2. The van der Waals surface area contributed by atoms with E-state index in [0.29, 0.717) is 17.9 Å². The number of fused-ring (bicyclic) bond motifs is 1. The van der Waals surface area contributed by atoms with E-state index in [0.717, 1.165) is 40.3 Å². The molecule has 3 heterocycles. The molecule has 0 bridgehead atoms. The first-order valence-electron chi connectivity index (χ1n) is 13.4. The van der Waals surface area contributed by atoms with E-state index in [9.17, 15) is 14.4 Å². The minimum atomic E-state index is -0.839. The lowest BCUT2D eigenvalue weighted by atomic mass is 9.77. The highest BCUT2D eigenvalue weighted by molar-refractivity contribution is 6.48. The molecule has 1 aliphatic rings. The number of H-pyrrole nitrogens is 1. The lowest BCUT2D eigenvalue weighted by Crippen LogP contribution is -2.43. The Bertz CT molecular complexity index is 1550. The number of hydrogen-bond acceptors (Lipinski definition) is 5. The smallest absolute Gasteiger partial charge is 0.379 e. The monoisotopic (exact) mass is 560 g/mol. The van der Waals surface area contributed by atoms with Crippen molar-refractivity contribution in [2.75, 3.05) is 7.11 Å². The highest BCUT2D eigenvalue weighted by Crippen LogP contribution is 2.38. The molecule has 40 heavy (non-hydrogen) atoms. The van der Waals surface area contributed by atoms with E-state index in [4.69, 9.17) is 10.2 Å². The maximum Gasteiger partial charge on any atom is 0.379 e. The van der Waals surface area contributed by atoms with Crippen LogP contribution in [-0.4, -0.2) is 49.5 Å². The van der Waals surface area contributed by atoms with Gasteiger partial charge in [0.2, 0.25) is 14.9 Å². The second kappa shape index (κ2) is 11.8. The van der Waals surface area contributed by atoms with E-state index in [2.05, 4.69) is 54.2 Å². The predicted octanol–water partition coefficient (Wildman–Crippen LogP) is 5.05. The molecule has 0 fully saturated rings. The third-order valence-electron chi connectivity index (χ3n) is 7.19. The Morgan fingerprint density at radius 3 is 2.45 bits per heavy atom. The number of ether oxygens (including phenoxy) is 1. The predicted molar refractivity (Wildman–Crippen MR) is 158 cm³/mol. The summed E-state index contributed by atoms with van der Waals surface area (Å²) in [5, 5.41) is 1.90. The fourth-order valence-electron chi connectivity index (χ4n) is 5.63. The van der Waals surface area contributed by atoms with Gasteiger partial charge in [-0.1, -0.05) is 57.2 Å². The highest BCUT2D eigenvalue weighted by Gasteiger charge is 2.37. The van der Waals surface area contributed by atoms with Gasteiger partial charge >= 0.3 is 5.97 Å². The zero-order valence-corrected chi connectivity index (χ0v) is 25.0. The Labute approximate surface area is 236 Å². The third-order valence-corrected chi connectivity index (χ3v) is 7.92. The van der Waals surface area contributed by atoms with Crippen molar-refractivity contribution in [1.29, 1.82) is 0 Å². The number of amides is 1. The minimum absolute atomic E-state index is 0.0236. The number of carbonyl (C=O) groups is 3. The van der Waals surface area contributed by atoms with Crippen LogP contribution < -0.4 is 5.73 Å². The maximum absolute atomic E-state index is 12.5. The van der Waals surface area contributed by atoms with Crippen LogP contribution in [0.2, 0.25) is 13.1 Å². The number of methoxy groups -OCH3 is 1. The van der Waals surface area contributed by atoms with Crippen LogP contribution in [-0.2, 0) is 38.1 Å². The third kappa shape index (κ3) is 6.21. The summed E-state index contributed by atoms with van der Waals surface area (Å²) in [6.45, 7) is 11.8. The minimum Gasteiger partial charge on any atom is -0.463 e. The van der Waals surface area contributed by atoms with E-state index < -0.39 is 20.8 Å². The molecule has 2 aromatic carbocycles. The molecule has 9 heteroatoms. The summed E-state index contributed by atoms with van der Waals surface area (Å²) in [5.74, 6) is -1.40. The summed E-state index contributed by atoms with van der Waals surface area (Å²) in [6, 6.07) is 13.8. The van der Waals surface area contributed by atoms with Gasteiger partial charge in [0.15, 0.2) is 0 Å². The lowest BCUT2D eigenvalue weighted by molar-refractivity contribution is -0.135. The first-order chi connectivity index (χ1) is 18.9. The number of aromatic amines is 1. The van der Waals surface area contributed by atoms with Gasteiger partial charge in [-0.05, 0) is 42.1 Å². The van der Waals surface area contributed by atoms with Crippen LogP contribution in [0.5, 0.6) is 0 Å². The average molecular weight is 561 g/mol. The molecule has 1 radical (unpaired) electrons. The van der Waals surface area contributed by atoms with Crippen molar-refractivity contribution in [2.45, 2.75) is 59.4 Å². The number of para-hydroxylation sites is 2. The van der Waals surface area contributed by atoms with E-state index >= 15 is 0 Å². The number of rotatable bonds is 7. The summed E-state index contributed by atoms with van der Waals surface area (Å²) in [7, 11) is 0.396. The molecule has 1 amide bonds. The molecule has 2 atom stereocenters. The van der Waals surface area contributed by atoms with Crippen LogP contribution in [0.4, 0.5) is 0 Å². The van der Waals surface area contributed by atoms with Crippen molar-refractivity contribution >= 4 is 48.5 Å². The fraction of sp³-hybridized carbons (Fsp3) is 0.387. The van der Waals surface area contributed by atoms with Gasteiger partial charge in [0, 0.05) is 41.1 Å². The quantitative estimate of drug-likeness (QED) is 0.142. The van der Waals surface area contributed by atoms with Crippen molar-refractivity contribution in [3.05, 3.63) is 71.5 Å². The number of nitrogens with one attached hydrogen (secondary N) is 1. The van der Waals surface area contributed by atoms with Gasteiger partial charge in [-0.15, -0.1) is 0 Å². The number of ketones is 1. The average Bonchev–Trinajstić information content (AvgIpc) is 3.48. The molecule has 3 N–H and O–H groups in total. The van der Waals surface area contributed by atoms with Crippen molar-refractivity contribution in [1.82, 2.24) is 9.55 Å². The normalized spacial score (nSPS) is 15.5. The van der Waals surface area contributed by atoms with Crippen molar-refractivity contribution in [3.8, 4) is 0 Å². The van der Waals surface area contributed by atoms with E-state index in [1.165, 1.54) is 12.7 Å². The fourth-order valence-corrected chi connectivity index (χ4v) is 6.69. The van der Waals surface area contributed by atoms with Crippen LogP contribution in [0.1, 0.15) is 42.3 Å². The molecular formula is C31H38N3O5Si. The summed E-state index contributed by atoms with van der Waals surface area (Å²) in [6.07, 6.45) is 4.97. The Morgan fingerprint density at radius 2 is 1.80 bits per heavy atom. The van der Waals surface area contributed by atoms with Crippen molar-refractivity contribution in [3.63, 3.8) is 0 Å². The summed E-state index contributed by atoms with van der Waals surface area (Å²) >= 11 is 0. The Morgan fingerprint density at radius 1 is 1.10 bits per heavy atom. The topological polar surface area (TPSA) is 116 Å². The number of aromatic nitrogens is 2. The van der Waals surface area contributed by atoms with Gasteiger partial charge in [-0.25, -0.2) is 4.79 Å².